The molecule has 0 aliphatic carbocycles. The van der Waals surface area contributed by atoms with Crippen LogP contribution in [0.15, 0.2) is 24.3 Å². The number of carbonyl (C=O) groups excluding carboxylic acids is 3. The Labute approximate surface area is 122 Å². The van der Waals surface area contributed by atoms with Gasteiger partial charge < -0.3 is 15.5 Å². The Bertz CT molecular complexity index is 600. The molecule has 0 unspecified atom stereocenters. The Hall–Kier alpha value is -2.37. The molecule has 1 saturated heterocycles. The van der Waals surface area contributed by atoms with Gasteiger partial charge >= 0.3 is 0 Å². The van der Waals surface area contributed by atoms with E-state index in [1.807, 2.05) is 24.3 Å². The Morgan fingerprint density at radius 3 is 2.90 bits per heavy atom. The van der Waals surface area contributed by atoms with Crippen LogP contribution >= 0.6 is 0 Å². The molecule has 6 nitrogen and oxygen atoms in total. The quantitative estimate of drug-likeness (QED) is 0.863. The van der Waals surface area contributed by atoms with Crippen molar-refractivity contribution >= 4 is 23.4 Å². The number of amides is 3. The summed E-state index contributed by atoms with van der Waals surface area (Å²) in [6.45, 7) is 0.702. The first-order chi connectivity index (χ1) is 10.1. The van der Waals surface area contributed by atoms with Crippen molar-refractivity contribution < 1.29 is 14.4 Å². The number of hydrogen-bond acceptors (Lipinski definition) is 3. The van der Waals surface area contributed by atoms with Gasteiger partial charge in [0.05, 0.1) is 19.0 Å². The van der Waals surface area contributed by atoms with E-state index in [9.17, 15) is 14.4 Å². The van der Waals surface area contributed by atoms with Crippen LogP contribution in [0, 0.1) is 0 Å². The fraction of sp³-hybridized carbons (Fsp3) is 0.400. The molecule has 0 spiro atoms. The van der Waals surface area contributed by atoms with Crippen molar-refractivity contribution in [3.8, 4) is 0 Å². The van der Waals surface area contributed by atoms with Gasteiger partial charge in [-0.2, -0.15) is 0 Å². The lowest BCUT2D eigenvalue weighted by Crippen LogP contribution is -2.41. The summed E-state index contributed by atoms with van der Waals surface area (Å²) >= 11 is 0. The molecule has 0 bridgehead atoms. The predicted octanol–water partition coefficient (Wildman–Crippen LogP) is 0.808. The summed E-state index contributed by atoms with van der Waals surface area (Å²) in [6.07, 6.45) is 1.54. The fourth-order valence-electron chi connectivity index (χ4n) is 2.82. The minimum absolute atomic E-state index is 0.0203. The summed E-state index contributed by atoms with van der Waals surface area (Å²) in [5.74, 6) is -0.317. The van der Waals surface area contributed by atoms with E-state index >= 15 is 0 Å². The van der Waals surface area contributed by atoms with Gasteiger partial charge in [-0.05, 0) is 18.1 Å². The molecule has 1 atom stereocenters. The van der Waals surface area contributed by atoms with Gasteiger partial charge in [-0.25, -0.2) is 0 Å². The van der Waals surface area contributed by atoms with Gasteiger partial charge in [-0.3, -0.25) is 14.4 Å². The Morgan fingerprint density at radius 1 is 1.33 bits per heavy atom. The largest absolute Gasteiger partial charge is 0.347 e. The lowest BCUT2D eigenvalue weighted by atomic mass is 9.97. The Morgan fingerprint density at radius 2 is 2.14 bits per heavy atom. The first-order valence-corrected chi connectivity index (χ1v) is 7.09. The smallest absolute Gasteiger partial charge is 0.240 e. The molecule has 1 aromatic carbocycles. The van der Waals surface area contributed by atoms with Gasteiger partial charge in [0.2, 0.25) is 17.7 Å². The van der Waals surface area contributed by atoms with E-state index in [1.165, 1.54) is 0 Å². The maximum Gasteiger partial charge on any atom is 0.240 e. The number of rotatable bonds is 3. The molecule has 1 fully saturated rings. The van der Waals surface area contributed by atoms with Crippen LogP contribution < -0.4 is 10.6 Å². The molecule has 2 heterocycles. The molecular weight excluding hydrogens is 270 g/mol. The molecule has 2 aliphatic heterocycles. The van der Waals surface area contributed by atoms with E-state index in [0.29, 0.717) is 13.0 Å². The summed E-state index contributed by atoms with van der Waals surface area (Å²) in [5.41, 5.74) is 1.63. The summed E-state index contributed by atoms with van der Waals surface area (Å²) in [6, 6.07) is 7.09. The minimum Gasteiger partial charge on any atom is -0.347 e. The SMILES string of the molecule is O=C1C[C@H](NC(=O)CN2CCCC2=O)c2ccccc2N1. The molecule has 2 aliphatic rings. The van der Waals surface area contributed by atoms with Crippen molar-refractivity contribution in [1.82, 2.24) is 10.2 Å². The molecule has 3 amide bonds. The first-order valence-electron chi connectivity index (χ1n) is 7.09. The molecule has 0 radical (unpaired) electrons. The second-order valence-electron chi connectivity index (χ2n) is 5.38. The van der Waals surface area contributed by atoms with Crippen LogP contribution in [-0.2, 0) is 14.4 Å². The number of anilines is 1. The minimum atomic E-state index is -0.333. The number of para-hydroxylation sites is 1. The molecule has 6 heteroatoms. The lowest BCUT2D eigenvalue weighted by Gasteiger charge is -2.27. The van der Waals surface area contributed by atoms with E-state index < -0.39 is 0 Å². The van der Waals surface area contributed by atoms with Crippen molar-refractivity contribution in [3.63, 3.8) is 0 Å². The Kier molecular flexibility index (Phi) is 3.60. The predicted molar refractivity (Wildman–Crippen MR) is 76.4 cm³/mol. The molecule has 3 rings (SSSR count). The second-order valence-corrected chi connectivity index (χ2v) is 5.38. The molecular formula is C15H17N3O3. The van der Waals surface area contributed by atoms with Crippen LogP contribution in [0.3, 0.4) is 0 Å². The maximum atomic E-state index is 12.1. The van der Waals surface area contributed by atoms with Gasteiger partial charge in [-0.15, -0.1) is 0 Å². The van der Waals surface area contributed by atoms with E-state index in [-0.39, 0.29) is 36.7 Å². The number of hydrogen-bond donors (Lipinski definition) is 2. The normalized spacial score (nSPS) is 21.0. The standard InChI is InChI=1S/C15H17N3O3/c19-13-8-12(10-4-1-2-5-11(10)16-13)17-14(20)9-18-7-3-6-15(18)21/h1-2,4-5,12H,3,6-9H2,(H,16,19)(H,17,20)/t12-/m0/s1. The third kappa shape index (κ3) is 2.89. The highest BCUT2D eigenvalue weighted by molar-refractivity contribution is 5.95. The van der Waals surface area contributed by atoms with Crippen molar-refractivity contribution in [2.24, 2.45) is 0 Å². The molecule has 0 saturated carbocycles. The zero-order valence-electron chi connectivity index (χ0n) is 11.6. The highest BCUT2D eigenvalue weighted by Gasteiger charge is 2.28. The average molecular weight is 287 g/mol. The topological polar surface area (TPSA) is 78.5 Å². The van der Waals surface area contributed by atoms with Crippen LogP contribution in [-0.4, -0.2) is 35.7 Å². The van der Waals surface area contributed by atoms with Crippen molar-refractivity contribution in [2.75, 3.05) is 18.4 Å². The van der Waals surface area contributed by atoms with Gasteiger partial charge in [0.15, 0.2) is 0 Å². The van der Waals surface area contributed by atoms with Gasteiger partial charge in [0.25, 0.3) is 0 Å². The maximum absolute atomic E-state index is 12.1. The highest BCUT2D eigenvalue weighted by Crippen LogP contribution is 2.29. The second kappa shape index (κ2) is 5.55. The van der Waals surface area contributed by atoms with Crippen molar-refractivity contribution in [3.05, 3.63) is 29.8 Å². The number of nitrogens with one attached hydrogen (secondary N) is 2. The van der Waals surface area contributed by atoms with Crippen molar-refractivity contribution in [1.29, 1.82) is 0 Å². The van der Waals surface area contributed by atoms with Crippen molar-refractivity contribution in [2.45, 2.75) is 25.3 Å². The van der Waals surface area contributed by atoms with Crippen LogP contribution in [0.25, 0.3) is 0 Å². The summed E-state index contributed by atoms with van der Waals surface area (Å²) < 4.78 is 0. The highest BCUT2D eigenvalue weighted by atomic mass is 16.2. The molecule has 2 N–H and O–H groups in total. The lowest BCUT2D eigenvalue weighted by molar-refractivity contribution is -0.133. The average Bonchev–Trinajstić information content (AvgIpc) is 2.84. The molecule has 110 valence electrons. The first kappa shape index (κ1) is 13.6. The van der Waals surface area contributed by atoms with Gasteiger partial charge in [0, 0.05) is 18.7 Å². The number of fused-ring (bicyclic) bond motifs is 1. The Balaban J connectivity index is 1.68. The summed E-state index contributed by atoms with van der Waals surface area (Å²) in [5, 5.41) is 5.65. The van der Waals surface area contributed by atoms with Crippen LogP contribution in [0.2, 0.25) is 0 Å². The van der Waals surface area contributed by atoms with Gasteiger partial charge in [0.1, 0.15) is 0 Å². The van der Waals surface area contributed by atoms with Crippen LogP contribution in [0.5, 0.6) is 0 Å². The fourth-order valence-corrected chi connectivity index (χ4v) is 2.82. The number of carbonyl (C=O) groups is 3. The zero-order valence-corrected chi connectivity index (χ0v) is 11.6. The summed E-state index contributed by atoms with van der Waals surface area (Å²) in [4.78, 5) is 36.9. The monoisotopic (exact) mass is 287 g/mol. The summed E-state index contributed by atoms with van der Waals surface area (Å²) in [7, 11) is 0. The number of likely N-dealkylation sites (tertiary alicyclic amines) is 1. The molecule has 21 heavy (non-hydrogen) atoms. The van der Waals surface area contributed by atoms with Crippen LogP contribution in [0.4, 0.5) is 5.69 Å². The molecule has 1 aromatic rings. The van der Waals surface area contributed by atoms with E-state index in [0.717, 1.165) is 17.7 Å². The molecule has 0 aromatic heterocycles. The third-order valence-corrected chi connectivity index (χ3v) is 3.84. The zero-order chi connectivity index (χ0) is 14.8. The van der Waals surface area contributed by atoms with E-state index in [2.05, 4.69) is 10.6 Å². The van der Waals surface area contributed by atoms with Gasteiger partial charge in [-0.1, -0.05) is 18.2 Å². The number of benzene rings is 1. The van der Waals surface area contributed by atoms with Crippen LogP contribution in [0.1, 0.15) is 30.9 Å². The van der Waals surface area contributed by atoms with E-state index in [4.69, 9.17) is 0 Å². The third-order valence-electron chi connectivity index (χ3n) is 3.84. The number of nitrogens with zero attached hydrogens (tertiary/aromatic N) is 1. The van der Waals surface area contributed by atoms with E-state index in [1.54, 1.807) is 4.90 Å².